The van der Waals surface area contributed by atoms with E-state index in [1.165, 1.54) is 24.3 Å². The summed E-state index contributed by atoms with van der Waals surface area (Å²) in [7, 11) is 0. The second-order valence-electron chi connectivity index (χ2n) is 8.56. The van der Waals surface area contributed by atoms with Gasteiger partial charge < -0.3 is 40.7 Å². The number of amides is 1. The maximum absolute atomic E-state index is 13.5. The maximum Gasteiger partial charge on any atom is 0.343 e. The fraction of sp³-hybridized carbons (Fsp3) is 0.280. The quantitative estimate of drug-likeness (QED) is 0.114. The third-order valence-corrected chi connectivity index (χ3v) is 5.68. The number of hydrogen-bond donors (Lipinski definition) is 6. The smallest absolute Gasteiger partial charge is 0.343 e. The lowest BCUT2D eigenvalue weighted by molar-refractivity contribution is -0.144. The Kier molecular flexibility index (Phi) is 9.04. The lowest BCUT2D eigenvalue weighted by Gasteiger charge is -2.29. The van der Waals surface area contributed by atoms with Gasteiger partial charge in [-0.25, -0.2) is 4.79 Å². The predicted octanol–water partition coefficient (Wildman–Crippen LogP) is 1.38. The first-order valence-corrected chi connectivity index (χ1v) is 11.6. The number of hydrogen-bond acceptors (Lipinski definition) is 8. The Hall–Kier alpha value is -5.14. The van der Waals surface area contributed by atoms with Gasteiger partial charge in [0.25, 0.3) is 5.91 Å². The van der Waals surface area contributed by atoms with E-state index in [1.807, 2.05) is 0 Å². The molecular weight excluding hydrogens is 516 g/mol. The zero-order chi connectivity index (χ0) is 28.7. The van der Waals surface area contributed by atoms with Crippen molar-refractivity contribution in [2.75, 3.05) is 18.5 Å². The molecule has 14 heteroatoms. The van der Waals surface area contributed by atoms with E-state index in [4.69, 9.17) is 20.6 Å². The Morgan fingerprint density at radius 3 is 2.36 bits per heavy atom. The van der Waals surface area contributed by atoms with E-state index >= 15 is 0 Å². The van der Waals surface area contributed by atoms with Gasteiger partial charge in [-0.1, -0.05) is 6.07 Å². The number of nitrogens with zero attached hydrogens (tertiary/aromatic N) is 1. The SMILES string of the molecule is N=C(N)Nc1ccc2c(c1)CCCOc1c(cccc1C(=O)N(CC(=O)O)C(CC(=O)O)CC(=O)O)OC2=O. The lowest BCUT2D eigenvalue weighted by Crippen LogP contribution is -2.45. The third kappa shape index (κ3) is 7.44. The second-order valence-corrected chi connectivity index (χ2v) is 8.56. The van der Waals surface area contributed by atoms with Crippen LogP contribution in [0.2, 0.25) is 0 Å². The number of carboxylic acid groups (broad SMARTS) is 3. The van der Waals surface area contributed by atoms with Crippen molar-refractivity contribution in [1.29, 1.82) is 5.41 Å². The molecule has 0 fully saturated rings. The molecule has 14 nitrogen and oxygen atoms in total. The van der Waals surface area contributed by atoms with Crippen molar-refractivity contribution in [3.05, 3.63) is 53.1 Å². The largest absolute Gasteiger partial charge is 0.489 e. The number of benzene rings is 2. The molecule has 1 aliphatic rings. The average molecular weight is 543 g/mol. The van der Waals surface area contributed by atoms with Gasteiger partial charge in [0.15, 0.2) is 17.5 Å². The van der Waals surface area contributed by atoms with Gasteiger partial charge in [0.05, 0.1) is 36.6 Å². The number of ether oxygens (including phenoxy) is 2. The van der Waals surface area contributed by atoms with E-state index in [0.29, 0.717) is 29.0 Å². The highest BCUT2D eigenvalue weighted by atomic mass is 16.6. The summed E-state index contributed by atoms with van der Waals surface area (Å²) < 4.78 is 11.3. The summed E-state index contributed by atoms with van der Waals surface area (Å²) in [5, 5.41) is 37.9. The van der Waals surface area contributed by atoms with Crippen molar-refractivity contribution < 1.29 is 48.8 Å². The van der Waals surface area contributed by atoms with E-state index in [9.17, 15) is 39.3 Å². The van der Waals surface area contributed by atoms with Crippen LogP contribution >= 0.6 is 0 Å². The van der Waals surface area contributed by atoms with E-state index in [-0.39, 0.29) is 35.2 Å². The van der Waals surface area contributed by atoms with Gasteiger partial charge in [-0.05, 0) is 48.7 Å². The van der Waals surface area contributed by atoms with Crippen molar-refractivity contribution in [1.82, 2.24) is 4.90 Å². The number of carbonyl (C=O) groups is 5. The molecule has 39 heavy (non-hydrogen) atoms. The monoisotopic (exact) mass is 542 g/mol. The highest BCUT2D eigenvalue weighted by molar-refractivity contribution is 6.01. The van der Waals surface area contributed by atoms with Gasteiger partial charge in [-0.2, -0.15) is 0 Å². The summed E-state index contributed by atoms with van der Waals surface area (Å²) in [6, 6.07) is 7.21. The number of carbonyl (C=O) groups excluding carboxylic acids is 2. The fourth-order valence-corrected chi connectivity index (χ4v) is 4.10. The Labute approximate surface area is 221 Å². The first-order valence-electron chi connectivity index (χ1n) is 11.6. The number of nitrogens with two attached hydrogens (primary N) is 1. The highest BCUT2D eigenvalue weighted by Gasteiger charge is 2.33. The van der Waals surface area contributed by atoms with Crippen molar-refractivity contribution in [2.24, 2.45) is 5.73 Å². The summed E-state index contributed by atoms with van der Waals surface area (Å²) in [6.45, 7) is -0.928. The zero-order valence-corrected chi connectivity index (χ0v) is 20.5. The first-order chi connectivity index (χ1) is 18.5. The predicted molar refractivity (Wildman–Crippen MR) is 134 cm³/mol. The second kappa shape index (κ2) is 12.4. The molecule has 0 aromatic heterocycles. The minimum atomic E-state index is -1.49. The minimum absolute atomic E-state index is 0.0469. The molecule has 1 heterocycles. The molecule has 1 aliphatic heterocycles. The number of anilines is 1. The van der Waals surface area contributed by atoms with E-state index in [1.54, 1.807) is 12.1 Å². The van der Waals surface area contributed by atoms with Gasteiger partial charge in [-0.15, -0.1) is 0 Å². The van der Waals surface area contributed by atoms with Crippen molar-refractivity contribution >= 4 is 41.4 Å². The van der Waals surface area contributed by atoms with Crippen LogP contribution in [0.3, 0.4) is 0 Å². The molecule has 0 atom stereocenters. The molecule has 3 rings (SSSR count). The Morgan fingerprint density at radius 1 is 1.05 bits per heavy atom. The molecule has 2 aromatic carbocycles. The van der Waals surface area contributed by atoms with Crippen LogP contribution in [0.4, 0.5) is 5.69 Å². The van der Waals surface area contributed by atoms with Crippen molar-refractivity contribution in [3.63, 3.8) is 0 Å². The highest BCUT2D eigenvalue weighted by Crippen LogP contribution is 2.35. The molecule has 206 valence electrons. The Balaban J connectivity index is 2.01. The lowest BCUT2D eigenvalue weighted by atomic mass is 10.0. The Bertz CT molecular complexity index is 1310. The van der Waals surface area contributed by atoms with Crippen LogP contribution in [-0.2, 0) is 20.8 Å². The van der Waals surface area contributed by atoms with Crippen LogP contribution in [-0.4, -0.2) is 75.2 Å². The van der Waals surface area contributed by atoms with E-state index in [0.717, 1.165) is 0 Å². The zero-order valence-electron chi connectivity index (χ0n) is 20.5. The number of rotatable bonds is 9. The Morgan fingerprint density at radius 2 is 1.74 bits per heavy atom. The van der Waals surface area contributed by atoms with Crippen LogP contribution < -0.4 is 20.5 Å². The number of aryl methyl sites for hydroxylation is 1. The standard InChI is InChI=1S/C25H26N4O10/c26-25(27)28-14-6-7-16-13(9-14)3-2-8-38-22-17(4-1-5-18(22)39-24(16)37)23(36)29(12-21(34)35)15(10-19(30)31)11-20(32)33/h1,4-7,9,15H,2-3,8,10-12H2,(H,30,31)(H,32,33)(H,34,35)(H4,26,27,28). The molecule has 0 unspecified atom stereocenters. The normalized spacial score (nSPS) is 12.7. The summed E-state index contributed by atoms with van der Waals surface area (Å²) in [5.41, 5.74) is 6.46. The minimum Gasteiger partial charge on any atom is -0.489 e. The number of para-hydroxylation sites is 1. The average Bonchev–Trinajstić information content (AvgIpc) is 2.83. The molecule has 7 N–H and O–H groups in total. The topological polar surface area (TPSA) is 230 Å². The first kappa shape index (κ1) is 28.4. The number of carboxylic acids is 3. The molecule has 0 radical (unpaired) electrons. The van der Waals surface area contributed by atoms with E-state index in [2.05, 4.69) is 5.32 Å². The van der Waals surface area contributed by atoms with Crippen molar-refractivity contribution in [3.8, 4) is 11.5 Å². The van der Waals surface area contributed by atoms with Gasteiger partial charge in [-0.3, -0.25) is 24.6 Å². The number of aliphatic carboxylic acids is 3. The van der Waals surface area contributed by atoms with Crippen LogP contribution in [0.15, 0.2) is 36.4 Å². The molecule has 2 aromatic rings. The van der Waals surface area contributed by atoms with Crippen LogP contribution in [0.25, 0.3) is 0 Å². The van der Waals surface area contributed by atoms with E-state index < -0.39 is 55.2 Å². The summed E-state index contributed by atoms with van der Waals surface area (Å²) in [4.78, 5) is 61.5. The van der Waals surface area contributed by atoms with Crippen LogP contribution in [0, 0.1) is 5.41 Å². The molecule has 0 saturated carbocycles. The van der Waals surface area contributed by atoms with Gasteiger partial charge in [0.2, 0.25) is 0 Å². The third-order valence-electron chi connectivity index (χ3n) is 5.68. The van der Waals surface area contributed by atoms with Crippen LogP contribution in [0.5, 0.6) is 11.5 Å². The molecular formula is C25H26N4O10. The maximum atomic E-state index is 13.5. The number of guanidine groups is 1. The molecule has 1 amide bonds. The fourth-order valence-electron chi connectivity index (χ4n) is 4.10. The molecule has 0 spiro atoms. The van der Waals surface area contributed by atoms with Gasteiger partial charge in [0, 0.05) is 5.69 Å². The number of nitrogens with one attached hydrogen (secondary N) is 2. The summed E-state index contributed by atoms with van der Waals surface area (Å²) in [6.07, 6.45) is -0.889. The van der Waals surface area contributed by atoms with Gasteiger partial charge in [0.1, 0.15) is 6.54 Å². The molecule has 0 bridgehead atoms. The molecule has 0 aliphatic carbocycles. The van der Waals surface area contributed by atoms with Crippen LogP contribution in [0.1, 0.15) is 45.5 Å². The summed E-state index contributed by atoms with van der Waals surface area (Å²) in [5.74, 6) is -6.71. The summed E-state index contributed by atoms with van der Waals surface area (Å²) >= 11 is 0. The number of esters is 1. The number of fused-ring (bicyclic) bond motifs is 2. The van der Waals surface area contributed by atoms with Crippen molar-refractivity contribution in [2.45, 2.75) is 31.7 Å². The molecule has 0 saturated heterocycles. The van der Waals surface area contributed by atoms with Gasteiger partial charge >= 0.3 is 23.9 Å².